The average Bonchev–Trinajstić information content (AvgIpc) is 3.14. The Morgan fingerprint density at radius 2 is 2.12 bits per heavy atom. The Labute approximate surface area is 148 Å². The van der Waals surface area contributed by atoms with Gasteiger partial charge in [-0.15, -0.1) is 0 Å². The largest absolute Gasteiger partial charge is 0.468 e. The summed E-state index contributed by atoms with van der Waals surface area (Å²) < 4.78 is 17.3. The number of unbranched alkanes of at least 4 members (excludes halogenated alkanes) is 1. The lowest BCUT2D eigenvalue weighted by molar-refractivity contribution is -0.128. The van der Waals surface area contributed by atoms with E-state index in [-0.39, 0.29) is 5.82 Å². The summed E-state index contributed by atoms with van der Waals surface area (Å²) in [5.74, 6) is 0.762. The van der Waals surface area contributed by atoms with Crippen molar-refractivity contribution in [3.63, 3.8) is 0 Å². The van der Waals surface area contributed by atoms with Gasteiger partial charge < -0.3 is 15.0 Å². The van der Waals surface area contributed by atoms with E-state index in [1.54, 1.807) is 12.1 Å². The molecule has 5 nitrogen and oxygen atoms in total. The van der Waals surface area contributed by atoms with E-state index in [1.165, 1.54) is 25.0 Å². The first-order chi connectivity index (χ1) is 12.2. The SMILES string of the molecule is CCCCOC=O.Fc1ccc(-c2c[nH]c(C3CCCCN3)n2)cc1. The summed E-state index contributed by atoms with van der Waals surface area (Å²) in [4.78, 5) is 17.3. The molecule has 0 radical (unpaired) electrons. The number of piperidine rings is 1. The van der Waals surface area contributed by atoms with Crippen molar-refractivity contribution in [1.82, 2.24) is 15.3 Å². The molecule has 1 aromatic heterocycles. The van der Waals surface area contributed by atoms with E-state index >= 15 is 0 Å². The normalized spacial score (nSPS) is 16.6. The topological polar surface area (TPSA) is 67.0 Å². The van der Waals surface area contributed by atoms with Crippen LogP contribution < -0.4 is 5.32 Å². The molecule has 1 aromatic carbocycles. The van der Waals surface area contributed by atoms with E-state index in [0.29, 0.717) is 19.1 Å². The van der Waals surface area contributed by atoms with E-state index in [9.17, 15) is 9.18 Å². The Morgan fingerprint density at radius 3 is 2.76 bits per heavy atom. The first-order valence-corrected chi connectivity index (χ1v) is 8.84. The van der Waals surface area contributed by atoms with Gasteiger partial charge >= 0.3 is 0 Å². The van der Waals surface area contributed by atoms with E-state index < -0.39 is 0 Å². The average molecular weight is 347 g/mol. The number of imidazole rings is 1. The molecule has 0 spiro atoms. The van der Waals surface area contributed by atoms with Crippen LogP contribution in [0.25, 0.3) is 11.3 Å². The highest BCUT2D eigenvalue weighted by atomic mass is 19.1. The van der Waals surface area contributed by atoms with Gasteiger partial charge in [-0.2, -0.15) is 0 Å². The monoisotopic (exact) mass is 347 g/mol. The predicted molar refractivity (Wildman–Crippen MR) is 95.5 cm³/mol. The van der Waals surface area contributed by atoms with Crippen LogP contribution in [0.1, 0.15) is 50.9 Å². The molecule has 136 valence electrons. The smallest absolute Gasteiger partial charge is 0.293 e. The van der Waals surface area contributed by atoms with Crippen molar-refractivity contribution in [2.75, 3.05) is 13.2 Å². The number of hydrogen-bond donors (Lipinski definition) is 2. The minimum atomic E-state index is -0.219. The third-order valence-electron chi connectivity index (χ3n) is 4.06. The fraction of sp³-hybridized carbons (Fsp3) is 0.474. The number of nitrogens with one attached hydrogen (secondary N) is 2. The van der Waals surface area contributed by atoms with Crippen LogP contribution in [0.4, 0.5) is 4.39 Å². The van der Waals surface area contributed by atoms with Crippen molar-refractivity contribution in [3.05, 3.63) is 42.1 Å². The number of aromatic nitrogens is 2. The maximum absolute atomic E-state index is 12.9. The molecule has 25 heavy (non-hydrogen) atoms. The molecular formula is C19H26FN3O2. The molecule has 1 unspecified atom stereocenters. The predicted octanol–water partition coefficient (Wildman–Crippen LogP) is 3.99. The van der Waals surface area contributed by atoms with E-state index in [2.05, 4.69) is 20.0 Å². The first kappa shape index (κ1) is 19.1. The van der Waals surface area contributed by atoms with Gasteiger partial charge in [-0.1, -0.05) is 19.8 Å². The molecule has 2 aromatic rings. The second-order valence-corrected chi connectivity index (χ2v) is 6.00. The van der Waals surface area contributed by atoms with Gasteiger partial charge in [0, 0.05) is 11.8 Å². The fourth-order valence-corrected chi connectivity index (χ4v) is 2.64. The van der Waals surface area contributed by atoms with Crippen LogP contribution in [-0.4, -0.2) is 29.6 Å². The summed E-state index contributed by atoms with van der Waals surface area (Å²) in [6.07, 6.45) is 7.54. The van der Waals surface area contributed by atoms with Crippen LogP contribution in [0.15, 0.2) is 30.5 Å². The molecule has 1 fully saturated rings. The number of rotatable bonds is 6. The Morgan fingerprint density at radius 1 is 1.32 bits per heavy atom. The molecule has 1 saturated heterocycles. The molecule has 0 aliphatic carbocycles. The summed E-state index contributed by atoms with van der Waals surface area (Å²) in [6, 6.07) is 6.76. The maximum atomic E-state index is 12.9. The van der Waals surface area contributed by atoms with Crippen LogP contribution in [-0.2, 0) is 9.53 Å². The van der Waals surface area contributed by atoms with Gasteiger partial charge in [0.1, 0.15) is 11.6 Å². The quantitative estimate of drug-likeness (QED) is 0.612. The number of halogens is 1. The van der Waals surface area contributed by atoms with Crippen molar-refractivity contribution in [1.29, 1.82) is 0 Å². The van der Waals surface area contributed by atoms with Crippen LogP contribution in [0.2, 0.25) is 0 Å². The zero-order valence-electron chi connectivity index (χ0n) is 14.6. The lowest BCUT2D eigenvalue weighted by atomic mass is 10.0. The molecule has 2 N–H and O–H groups in total. The Hall–Kier alpha value is -2.21. The number of H-pyrrole nitrogens is 1. The van der Waals surface area contributed by atoms with Crippen molar-refractivity contribution in [3.8, 4) is 11.3 Å². The number of hydrogen-bond acceptors (Lipinski definition) is 4. The third kappa shape index (κ3) is 6.31. The molecule has 0 amide bonds. The molecular weight excluding hydrogens is 321 g/mol. The second-order valence-electron chi connectivity index (χ2n) is 6.00. The number of carbonyl (C=O) groups is 1. The van der Waals surface area contributed by atoms with Crippen LogP contribution in [0, 0.1) is 5.82 Å². The molecule has 1 atom stereocenters. The highest BCUT2D eigenvalue weighted by Gasteiger charge is 2.17. The standard InChI is InChI=1S/C14H16FN3.C5H10O2/c15-11-6-4-10(5-7-11)13-9-17-14(18-13)12-3-1-2-8-16-12;1-2-3-4-7-5-6/h4-7,9,12,16H,1-3,8H2,(H,17,18);5H,2-4H2,1H3. The Balaban J connectivity index is 0.000000277. The lowest BCUT2D eigenvalue weighted by Gasteiger charge is -2.21. The minimum absolute atomic E-state index is 0.219. The highest BCUT2D eigenvalue weighted by molar-refractivity contribution is 5.58. The van der Waals surface area contributed by atoms with Gasteiger partial charge in [0.2, 0.25) is 0 Å². The number of carbonyl (C=O) groups excluding carboxylic acids is 1. The first-order valence-electron chi connectivity index (χ1n) is 8.84. The molecule has 0 saturated carbocycles. The summed E-state index contributed by atoms with van der Waals surface area (Å²) in [6.45, 7) is 4.15. The second kappa shape index (κ2) is 10.6. The highest BCUT2D eigenvalue weighted by Crippen LogP contribution is 2.24. The van der Waals surface area contributed by atoms with Crippen LogP contribution >= 0.6 is 0 Å². The van der Waals surface area contributed by atoms with E-state index in [1.807, 2.05) is 13.1 Å². The Bertz CT molecular complexity index is 622. The third-order valence-corrected chi connectivity index (χ3v) is 4.06. The van der Waals surface area contributed by atoms with Crippen molar-refractivity contribution < 1.29 is 13.9 Å². The molecule has 1 aliphatic heterocycles. The molecule has 1 aliphatic rings. The summed E-state index contributed by atoms with van der Waals surface area (Å²) >= 11 is 0. The van der Waals surface area contributed by atoms with Gasteiger partial charge in [0.25, 0.3) is 6.47 Å². The minimum Gasteiger partial charge on any atom is -0.468 e. The fourth-order valence-electron chi connectivity index (χ4n) is 2.64. The van der Waals surface area contributed by atoms with Crippen molar-refractivity contribution in [2.24, 2.45) is 0 Å². The van der Waals surface area contributed by atoms with Gasteiger partial charge in [-0.25, -0.2) is 9.37 Å². The summed E-state index contributed by atoms with van der Waals surface area (Å²) in [5, 5.41) is 3.46. The maximum Gasteiger partial charge on any atom is 0.293 e. The van der Waals surface area contributed by atoms with Crippen molar-refractivity contribution >= 4 is 6.47 Å². The number of ether oxygens (including phenoxy) is 1. The van der Waals surface area contributed by atoms with Gasteiger partial charge in [-0.05, 0) is 50.1 Å². The van der Waals surface area contributed by atoms with Gasteiger partial charge in [0.05, 0.1) is 18.3 Å². The van der Waals surface area contributed by atoms with Gasteiger partial charge in [0.15, 0.2) is 0 Å². The van der Waals surface area contributed by atoms with Crippen molar-refractivity contribution in [2.45, 2.75) is 45.1 Å². The summed E-state index contributed by atoms with van der Waals surface area (Å²) in [5.41, 5.74) is 1.81. The van der Waals surface area contributed by atoms with Crippen LogP contribution in [0.3, 0.4) is 0 Å². The molecule has 0 bridgehead atoms. The number of benzene rings is 1. The summed E-state index contributed by atoms with van der Waals surface area (Å²) in [7, 11) is 0. The molecule has 2 heterocycles. The van der Waals surface area contributed by atoms with E-state index in [4.69, 9.17) is 0 Å². The van der Waals surface area contributed by atoms with Crippen LogP contribution in [0.5, 0.6) is 0 Å². The zero-order valence-corrected chi connectivity index (χ0v) is 14.6. The Kier molecular flexibility index (Phi) is 8.12. The van der Waals surface area contributed by atoms with Gasteiger partial charge in [-0.3, -0.25) is 4.79 Å². The number of nitrogens with zero attached hydrogens (tertiary/aromatic N) is 1. The van der Waals surface area contributed by atoms with E-state index in [0.717, 1.165) is 42.9 Å². The lowest BCUT2D eigenvalue weighted by Crippen LogP contribution is -2.27. The molecule has 6 heteroatoms. The number of aromatic amines is 1. The zero-order chi connectivity index (χ0) is 17.9. The molecule has 3 rings (SSSR count).